The summed E-state index contributed by atoms with van der Waals surface area (Å²) in [7, 11) is 0. The fourth-order valence-electron chi connectivity index (χ4n) is 2.26. The standard InChI is InChI=1S/C17H10BrF2N5O2/c1-9-23-16(27-8-10-2-3-11(19)6-12(10)20)15(18)17(26)25(9)14-4-5-22-13(7-21)24-14/h2-6H,8H2,1H3. The molecule has 0 atom stereocenters. The molecular weight excluding hydrogens is 424 g/mol. The van der Waals surface area contributed by atoms with Gasteiger partial charge in [0, 0.05) is 17.8 Å². The van der Waals surface area contributed by atoms with Crippen LogP contribution in [0.3, 0.4) is 0 Å². The molecule has 1 aromatic carbocycles. The summed E-state index contributed by atoms with van der Waals surface area (Å²) in [5.74, 6) is -1.19. The Bertz CT molecular complexity index is 1130. The van der Waals surface area contributed by atoms with E-state index in [1.165, 1.54) is 22.9 Å². The molecule has 3 aromatic rings. The van der Waals surface area contributed by atoms with E-state index >= 15 is 0 Å². The number of halogens is 3. The molecular formula is C17H10BrF2N5O2. The lowest BCUT2D eigenvalue weighted by molar-refractivity contribution is 0.283. The number of nitrogens with zero attached hydrogens (tertiary/aromatic N) is 5. The summed E-state index contributed by atoms with van der Waals surface area (Å²) in [4.78, 5) is 24.6. The van der Waals surface area contributed by atoms with Crippen LogP contribution in [0.25, 0.3) is 5.82 Å². The number of rotatable bonds is 4. The highest BCUT2D eigenvalue weighted by Gasteiger charge is 2.17. The normalized spacial score (nSPS) is 10.5. The first-order valence-electron chi connectivity index (χ1n) is 7.50. The molecule has 0 saturated heterocycles. The third kappa shape index (κ3) is 3.83. The molecule has 0 saturated carbocycles. The smallest absolute Gasteiger partial charge is 0.277 e. The van der Waals surface area contributed by atoms with E-state index in [1.54, 1.807) is 13.0 Å². The van der Waals surface area contributed by atoms with Crippen molar-refractivity contribution in [2.75, 3.05) is 0 Å². The second-order valence-corrected chi connectivity index (χ2v) is 6.09. The van der Waals surface area contributed by atoms with Gasteiger partial charge in [0.15, 0.2) is 0 Å². The molecule has 3 rings (SSSR count). The van der Waals surface area contributed by atoms with Crippen LogP contribution < -0.4 is 10.3 Å². The van der Waals surface area contributed by atoms with Gasteiger partial charge in [-0.15, -0.1) is 0 Å². The van der Waals surface area contributed by atoms with Crippen LogP contribution in [0.2, 0.25) is 0 Å². The minimum atomic E-state index is -0.763. The predicted octanol–water partition coefficient (Wildman–Crippen LogP) is 2.82. The molecule has 0 aliphatic carbocycles. The number of benzene rings is 1. The van der Waals surface area contributed by atoms with Crippen LogP contribution in [0.5, 0.6) is 5.88 Å². The second kappa shape index (κ2) is 7.59. The Kier molecular flexibility index (Phi) is 5.23. The van der Waals surface area contributed by atoms with E-state index in [2.05, 4.69) is 30.9 Å². The zero-order valence-corrected chi connectivity index (χ0v) is 15.4. The summed E-state index contributed by atoms with van der Waals surface area (Å²) >= 11 is 3.12. The largest absolute Gasteiger partial charge is 0.472 e. The summed E-state index contributed by atoms with van der Waals surface area (Å²) in [6.07, 6.45) is 1.35. The van der Waals surface area contributed by atoms with Crippen molar-refractivity contribution in [3.63, 3.8) is 0 Å². The van der Waals surface area contributed by atoms with E-state index in [0.29, 0.717) is 0 Å². The van der Waals surface area contributed by atoms with Crippen LogP contribution in [0, 0.1) is 29.9 Å². The zero-order chi connectivity index (χ0) is 19.6. The fourth-order valence-corrected chi connectivity index (χ4v) is 2.64. The molecule has 0 radical (unpaired) electrons. The second-order valence-electron chi connectivity index (χ2n) is 5.29. The SMILES string of the molecule is Cc1nc(OCc2ccc(F)cc2F)c(Br)c(=O)n1-c1ccnc(C#N)n1. The van der Waals surface area contributed by atoms with E-state index in [9.17, 15) is 13.6 Å². The first-order chi connectivity index (χ1) is 12.9. The van der Waals surface area contributed by atoms with Crippen molar-refractivity contribution in [2.24, 2.45) is 0 Å². The number of hydrogen-bond acceptors (Lipinski definition) is 6. The van der Waals surface area contributed by atoms with E-state index in [1.807, 2.05) is 0 Å². The van der Waals surface area contributed by atoms with Gasteiger partial charge < -0.3 is 4.74 Å². The number of ether oxygens (including phenoxy) is 1. The van der Waals surface area contributed by atoms with Crippen molar-refractivity contribution in [2.45, 2.75) is 13.5 Å². The molecule has 7 nitrogen and oxygen atoms in total. The summed E-state index contributed by atoms with van der Waals surface area (Å²) < 4.78 is 33.3. The molecule has 0 amide bonds. The van der Waals surface area contributed by atoms with Crippen molar-refractivity contribution in [1.29, 1.82) is 5.26 Å². The van der Waals surface area contributed by atoms with Crippen molar-refractivity contribution < 1.29 is 13.5 Å². The molecule has 136 valence electrons. The van der Waals surface area contributed by atoms with E-state index < -0.39 is 17.2 Å². The fraction of sp³-hybridized carbons (Fsp3) is 0.118. The predicted molar refractivity (Wildman–Crippen MR) is 93.3 cm³/mol. The molecule has 2 heterocycles. The number of nitriles is 1. The monoisotopic (exact) mass is 433 g/mol. The molecule has 0 unspecified atom stereocenters. The average molecular weight is 434 g/mol. The molecule has 0 fully saturated rings. The Labute approximate surface area is 160 Å². The van der Waals surface area contributed by atoms with Crippen LogP contribution in [0.4, 0.5) is 8.78 Å². The minimum Gasteiger partial charge on any atom is -0.472 e. The van der Waals surface area contributed by atoms with Gasteiger partial charge in [0.2, 0.25) is 11.7 Å². The number of aromatic nitrogens is 4. The lowest BCUT2D eigenvalue weighted by Gasteiger charge is -2.13. The molecule has 2 aromatic heterocycles. The summed E-state index contributed by atoms with van der Waals surface area (Å²) in [5, 5.41) is 8.90. The van der Waals surface area contributed by atoms with E-state index in [-0.39, 0.29) is 40.0 Å². The highest BCUT2D eigenvalue weighted by molar-refractivity contribution is 9.10. The average Bonchev–Trinajstić information content (AvgIpc) is 2.65. The Hall–Kier alpha value is -3.19. The Morgan fingerprint density at radius 2 is 2.07 bits per heavy atom. The van der Waals surface area contributed by atoms with Gasteiger partial charge in [-0.1, -0.05) is 0 Å². The Morgan fingerprint density at radius 3 is 2.78 bits per heavy atom. The minimum absolute atomic E-state index is 0.00672. The zero-order valence-electron chi connectivity index (χ0n) is 13.8. The van der Waals surface area contributed by atoms with Gasteiger partial charge in [0.25, 0.3) is 5.56 Å². The lowest BCUT2D eigenvalue weighted by Crippen LogP contribution is -2.25. The van der Waals surface area contributed by atoms with Crippen LogP contribution >= 0.6 is 15.9 Å². The first-order valence-corrected chi connectivity index (χ1v) is 8.29. The van der Waals surface area contributed by atoms with Crippen LogP contribution in [0.15, 0.2) is 39.7 Å². The van der Waals surface area contributed by atoms with Crippen molar-refractivity contribution >= 4 is 15.9 Å². The maximum Gasteiger partial charge on any atom is 0.277 e. The molecule has 0 spiro atoms. The molecule has 0 bridgehead atoms. The number of aryl methyl sites for hydroxylation is 1. The van der Waals surface area contributed by atoms with Gasteiger partial charge in [-0.3, -0.25) is 4.79 Å². The molecule has 27 heavy (non-hydrogen) atoms. The highest BCUT2D eigenvalue weighted by atomic mass is 79.9. The van der Waals surface area contributed by atoms with Crippen LogP contribution in [-0.2, 0) is 6.61 Å². The number of hydrogen-bond donors (Lipinski definition) is 0. The van der Waals surface area contributed by atoms with Crippen LogP contribution in [0.1, 0.15) is 17.2 Å². The van der Waals surface area contributed by atoms with Gasteiger partial charge in [-0.2, -0.15) is 10.2 Å². The van der Waals surface area contributed by atoms with Crippen LogP contribution in [-0.4, -0.2) is 19.5 Å². The van der Waals surface area contributed by atoms with Gasteiger partial charge in [-0.25, -0.2) is 23.3 Å². The van der Waals surface area contributed by atoms with Gasteiger partial charge in [0.1, 0.15) is 40.4 Å². The third-order valence-electron chi connectivity index (χ3n) is 3.52. The van der Waals surface area contributed by atoms with Gasteiger partial charge in [-0.05, 0) is 41.1 Å². The topological polar surface area (TPSA) is 93.7 Å². The maximum absolute atomic E-state index is 13.7. The van der Waals surface area contributed by atoms with Crippen molar-refractivity contribution in [3.8, 4) is 17.8 Å². The van der Waals surface area contributed by atoms with Gasteiger partial charge >= 0.3 is 0 Å². The van der Waals surface area contributed by atoms with Crippen molar-refractivity contribution in [3.05, 3.63) is 74.1 Å². The third-order valence-corrected chi connectivity index (χ3v) is 4.19. The lowest BCUT2D eigenvalue weighted by atomic mass is 10.2. The maximum atomic E-state index is 13.7. The first kappa shape index (κ1) is 18.6. The van der Waals surface area contributed by atoms with Crippen molar-refractivity contribution in [1.82, 2.24) is 19.5 Å². The summed E-state index contributed by atoms with van der Waals surface area (Å²) in [5.41, 5.74) is -0.416. The summed E-state index contributed by atoms with van der Waals surface area (Å²) in [6, 6.07) is 6.35. The molecule has 0 N–H and O–H groups in total. The molecule has 0 aliphatic heterocycles. The van der Waals surface area contributed by atoms with E-state index in [4.69, 9.17) is 10.00 Å². The molecule has 10 heteroatoms. The van der Waals surface area contributed by atoms with Gasteiger partial charge in [0.05, 0.1) is 0 Å². The molecule has 0 aliphatic rings. The Balaban J connectivity index is 1.95. The summed E-state index contributed by atoms with van der Waals surface area (Å²) in [6.45, 7) is 1.31. The Morgan fingerprint density at radius 1 is 1.30 bits per heavy atom. The highest BCUT2D eigenvalue weighted by Crippen LogP contribution is 2.22. The quantitative estimate of drug-likeness (QED) is 0.627. The van der Waals surface area contributed by atoms with E-state index in [0.717, 1.165) is 12.1 Å².